The number of carbonyl (C=O) groups is 3. The Morgan fingerprint density at radius 3 is 2.56 bits per heavy atom. The average Bonchev–Trinajstić information content (AvgIpc) is 3.11. The number of fused-ring (bicyclic) bond motifs is 2. The molecule has 0 bridgehead atoms. The molecule has 4 rings (SSSR count). The normalized spacial score (nSPS) is 25.7. The maximum Gasteiger partial charge on any atom is 0.415 e. The number of aryl methyl sites for hydroxylation is 1. The van der Waals surface area contributed by atoms with E-state index in [-0.39, 0.29) is 24.4 Å². The lowest BCUT2D eigenvalue weighted by Crippen LogP contribution is -2.69. The van der Waals surface area contributed by atoms with Crippen LogP contribution < -0.4 is 4.74 Å². The molecule has 0 spiro atoms. The van der Waals surface area contributed by atoms with Crippen LogP contribution in [-0.4, -0.2) is 76.0 Å². The van der Waals surface area contributed by atoms with Crippen LogP contribution in [0.4, 0.5) is 4.79 Å². The van der Waals surface area contributed by atoms with E-state index in [0.717, 1.165) is 5.56 Å². The standard InChI is InChI=1S/C17H19N3O4S/c1-11-2-4-12(5-3-11)24-17(23)18-6-7-19-13(8-18)15(21)20-10-25-9-14(20)16(19)22/h2-5,13-14H,6-10H2,1H3/t13-,14+/m1/s1. The molecule has 8 heteroatoms. The minimum atomic E-state index is -0.596. The summed E-state index contributed by atoms with van der Waals surface area (Å²) in [4.78, 5) is 42.5. The van der Waals surface area contributed by atoms with Crippen LogP contribution in [0, 0.1) is 6.92 Å². The second kappa shape index (κ2) is 6.25. The van der Waals surface area contributed by atoms with Gasteiger partial charge in [0.25, 0.3) is 0 Å². The number of amides is 3. The lowest BCUT2D eigenvalue weighted by Gasteiger charge is -2.46. The van der Waals surface area contributed by atoms with E-state index in [1.807, 2.05) is 19.1 Å². The van der Waals surface area contributed by atoms with Crippen LogP contribution in [0.1, 0.15) is 5.56 Å². The van der Waals surface area contributed by atoms with E-state index >= 15 is 0 Å². The minimum Gasteiger partial charge on any atom is -0.410 e. The number of ether oxygens (including phenoxy) is 1. The molecule has 1 aromatic carbocycles. The summed E-state index contributed by atoms with van der Waals surface area (Å²) >= 11 is 1.59. The summed E-state index contributed by atoms with van der Waals surface area (Å²) in [7, 11) is 0. The third-order valence-electron chi connectivity index (χ3n) is 4.88. The van der Waals surface area contributed by atoms with Gasteiger partial charge >= 0.3 is 6.09 Å². The third-order valence-corrected chi connectivity index (χ3v) is 5.90. The number of nitrogens with zero attached hydrogens (tertiary/aromatic N) is 3. The van der Waals surface area contributed by atoms with E-state index < -0.39 is 12.1 Å². The molecule has 0 aromatic heterocycles. The summed E-state index contributed by atoms with van der Waals surface area (Å²) in [6, 6.07) is 6.29. The smallest absolute Gasteiger partial charge is 0.410 e. The third kappa shape index (κ3) is 2.84. The number of piperazine rings is 2. The highest BCUT2D eigenvalue weighted by atomic mass is 32.2. The highest BCUT2D eigenvalue weighted by Crippen LogP contribution is 2.30. The highest BCUT2D eigenvalue weighted by Gasteiger charge is 2.50. The van der Waals surface area contributed by atoms with Crippen molar-refractivity contribution in [3.8, 4) is 5.75 Å². The van der Waals surface area contributed by atoms with Crippen LogP contribution in [0.15, 0.2) is 24.3 Å². The Bertz CT molecular complexity index is 723. The summed E-state index contributed by atoms with van der Waals surface area (Å²) in [6.45, 7) is 2.89. The Morgan fingerprint density at radius 1 is 1.08 bits per heavy atom. The van der Waals surface area contributed by atoms with Gasteiger partial charge < -0.3 is 19.4 Å². The number of carbonyl (C=O) groups excluding carboxylic acids is 3. The maximum absolute atomic E-state index is 12.7. The molecule has 3 aliphatic heterocycles. The van der Waals surface area contributed by atoms with Crippen LogP contribution >= 0.6 is 11.8 Å². The van der Waals surface area contributed by atoms with Crippen LogP contribution in [-0.2, 0) is 9.59 Å². The predicted octanol–water partition coefficient (Wildman–Crippen LogP) is 0.922. The fourth-order valence-corrected chi connectivity index (χ4v) is 4.60. The van der Waals surface area contributed by atoms with Gasteiger partial charge in [-0.15, -0.1) is 11.8 Å². The first kappa shape index (κ1) is 16.3. The molecule has 3 aliphatic rings. The number of hydrogen-bond acceptors (Lipinski definition) is 5. The molecule has 7 nitrogen and oxygen atoms in total. The van der Waals surface area contributed by atoms with Crippen molar-refractivity contribution < 1.29 is 19.1 Å². The number of hydrogen-bond donors (Lipinski definition) is 0. The summed E-state index contributed by atoms with van der Waals surface area (Å²) in [5.41, 5.74) is 1.08. The molecule has 3 heterocycles. The molecule has 0 aliphatic carbocycles. The van der Waals surface area contributed by atoms with Crippen LogP contribution in [0.25, 0.3) is 0 Å². The van der Waals surface area contributed by atoms with Crippen molar-refractivity contribution in [1.29, 1.82) is 0 Å². The highest BCUT2D eigenvalue weighted by molar-refractivity contribution is 7.99. The van der Waals surface area contributed by atoms with Gasteiger partial charge in [-0.05, 0) is 19.1 Å². The molecule has 2 atom stereocenters. The zero-order valence-corrected chi connectivity index (χ0v) is 14.7. The molecule has 3 saturated heterocycles. The molecule has 0 radical (unpaired) electrons. The van der Waals surface area contributed by atoms with Gasteiger partial charge in [0.1, 0.15) is 17.8 Å². The first-order valence-electron chi connectivity index (χ1n) is 8.27. The van der Waals surface area contributed by atoms with Gasteiger partial charge in [-0.2, -0.15) is 0 Å². The molecule has 0 saturated carbocycles. The fraction of sp³-hybridized carbons (Fsp3) is 0.471. The largest absolute Gasteiger partial charge is 0.415 e. The van der Waals surface area contributed by atoms with E-state index in [1.165, 1.54) is 4.90 Å². The van der Waals surface area contributed by atoms with Gasteiger partial charge in [0.05, 0.1) is 12.4 Å². The second-order valence-electron chi connectivity index (χ2n) is 6.50. The van der Waals surface area contributed by atoms with Gasteiger partial charge in [0, 0.05) is 18.8 Å². The summed E-state index contributed by atoms with van der Waals surface area (Å²) < 4.78 is 5.39. The first-order chi connectivity index (χ1) is 12.0. The van der Waals surface area contributed by atoms with Crippen molar-refractivity contribution in [1.82, 2.24) is 14.7 Å². The van der Waals surface area contributed by atoms with Gasteiger partial charge in [0.15, 0.2) is 0 Å². The van der Waals surface area contributed by atoms with Crippen LogP contribution in [0.5, 0.6) is 5.75 Å². The Labute approximate surface area is 149 Å². The lowest BCUT2D eigenvalue weighted by molar-refractivity contribution is -0.161. The van der Waals surface area contributed by atoms with Gasteiger partial charge in [-0.25, -0.2) is 4.79 Å². The minimum absolute atomic E-state index is 0.00107. The van der Waals surface area contributed by atoms with Crippen molar-refractivity contribution in [2.45, 2.75) is 19.0 Å². The van der Waals surface area contributed by atoms with Crippen molar-refractivity contribution in [3.63, 3.8) is 0 Å². The summed E-state index contributed by atoms with van der Waals surface area (Å²) in [5.74, 6) is 1.61. The number of thioether (sulfide) groups is 1. The van der Waals surface area contributed by atoms with Crippen molar-refractivity contribution in [2.75, 3.05) is 31.3 Å². The molecule has 0 N–H and O–H groups in total. The number of benzene rings is 1. The van der Waals surface area contributed by atoms with E-state index in [1.54, 1.807) is 33.7 Å². The molecule has 25 heavy (non-hydrogen) atoms. The molecular formula is C17H19N3O4S. The summed E-state index contributed by atoms with van der Waals surface area (Å²) in [6.07, 6.45) is -0.485. The predicted molar refractivity (Wildman–Crippen MR) is 92.2 cm³/mol. The molecular weight excluding hydrogens is 342 g/mol. The van der Waals surface area contributed by atoms with Crippen molar-refractivity contribution in [3.05, 3.63) is 29.8 Å². The fourth-order valence-electron chi connectivity index (χ4n) is 3.44. The zero-order valence-electron chi connectivity index (χ0n) is 13.9. The van der Waals surface area contributed by atoms with Crippen molar-refractivity contribution in [2.24, 2.45) is 0 Å². The van der Waals surface area contributed by atoms with E-state index in [9.17, 15) is 14.4 Å². The molecule has 1 aromatic rings. The Balaban J connectivity index is 1.46. The van der Waals surface area contributed by atoms with Gasteiger partial charge in [-0.3, -0.25) is 9.59 Å². The van der Waals surface area contributed by atoms with E-state index in [2.05, 4.69) is 0 Å². The van der Waals surface area contributed by atoms with E-state index in [4.69, 9.17) is 4.74 Å². The van der Waals surface area contributed by atoms with Gasteiger partial charge in [-0.1, -0.05) is 17.7 Å². The SMILES string of the molecule is Cc1ccc(OC(=O)N2CCN3C(=O)[C@@H]4CSCN4C(=O)[C@H]3C2)cc1. The van der Waals surface area contributed by atoms with Crippen molar-refractivity contribution >= 4 is 29.7 Å². The lowest BCUT2D eigenvalue weighted by atomic mass is 10.0. The second-order valence-corrected chi connectivity index (χ2v) is 7.50. The first-order valence-corrected chi connectivity index (χ1v) is 9.42. The topological polar surface area (TPSA) is 70.2 Å². The molecule has 0 unspecified atom stereocenters. The van der Waals surface area contributed by atoms with Gasteiger partial charge in [0.2, 0.25) is 11.8 Å². The Hall–Kier alpha value is -2.22. The summed E-state index contributed by atoms with van der Waals surface area (Å²) in [5, 5.41) is 0. The number of rotatable bonds is 1. The zero-order chi connectivity index (χ0) is 17.6. The van der Waals surface area contributed by atoms with Crippen LogP contribution in [0.2, 0.25) is 0 Å². The Morgan fingerprint density at radius 2 is 1.80 bits per heavy atom. The quantitative estimate of drug-likeness (QED) is 0.744. The maximum atomic E-state index is 12.7. The average molecular weight is 361 g/mol. The van der Waals surface area contributed by atoms with Crippen LogP contribution in [0.3, 0.4) is 0 Å². The van der Waals surface area contributed by atoms with E-state index in [0.29, 0.717) is 30.5 Å². The molecule has 132 valence electrons. The molecule has 3 amide bonds. The monoisotopic (exact) mass is 361 g/mol. The molecule has 3 fully saturated rings. The Kier molecular flexibility index (Phi) is 4.07.